The topological polar surface area (TPSA) is 88.1 Å². The summed E-state index contributed by atoms with van der Waals surface area (Å²) in [6, 6.07) is 12.8. The van der Waals surface area contributed by atoms with Crippen molar-refractivity contribution in [1.29, 1.82) is 0 Å². The van der Waals surface area contributed by atoms with Crippen molar-refractivity contribution in [2.45, 2.75) is 32.2 Å². The zero-order valence-electron chi connectivity index (χ0n) is 21.0. The number of imidazole rings is 1. The molecule has 2 aliphatic rings. The Balaban J connectivity index is 1.36. The minimum atomic E-state index is -4.45. The van der Waals surface area contributed by atoms with E-state index in [1.54, 1.807) is 0 Å². The van der Waals surface area contributed by atoms with Crippen molar-refractivity contribution in [2.24, 2.45) is 0 Å². The summed E-state index contributed by atoms with van der Waals surface area (Å²) >= 11 is 0. The predicted octanol–water partition coefficient (Wildman–Crippen LogP) is 4.50. The van der Waals surface area contributed by atoms with E-state index >= 15 is 0 Å². The molecule has 39 heavy (non-hydrogen) atoms. The van der Waals surface area contributed by atoms with Crippen LogP contribution in [0.1, 0.15) is 23.7 Å². The van der Waals surface area contributed by atoms with Crippen molar-refractivity contribution in [3.8, 4) is 11.7 Å². The van der Waals surface area contributed by atoms with Crippen LogP contribution in [0, 0.1) is 0 Å². The molecular weight excluding hydrogens is 509 g/mol. The number of hydrogen-bond acceptors (Lipinski definition) is 6. The molecule has 11 heteroatoms. The van der Waals surface area contributed by atoms with E-state index in [2.05, 4.69) is 15.3 Å². The van der Waals surface area contributed by atoms with Gasteiger partial charge in [-0.2, -0.15) is 13.2 Å². The maximum Gasteiger partial charge on any atom is 0.416 e. The fourth-order valence-corrected chi connectivity index (χ4v) is 4.81. The molecule has 2 aromatic heterocycles. The Hall–Kier alpha value is -4.54. The van der Waals surface area contributed by atoms with Crippen LogP contribution in [0.3, 0.4) is 0 Å². The van der Waals surface area contributed by atoms with Crippen LogP contribution < -0.4 is 20.5 Å². The van der Waals surface area contributed by atoms with Gasteiger partial charge in [-0.3, -0.25) is 4.79 Å². The van der Waals surface area contributed by atoms with Crippen molar-refractivity contribution in [2.75, 3.05) is 18.0 Å². The fourth-order valence-electron chi connectivity index (χ4n) is 4.81. The van der Waals surface area contributed by atoms with E-state index in [1.807, 2.05) is 60.5 Å². The molecule has 0 saturated carbocycles. The van der Waals surface area contributed by atoms with E-state index in [0.717, 1.165) is 24.3 Å². The lowest BCUT2D eigenvalue weighted by Gasteiger charge is -2.29. The molecule has 1 atom stereocenters. The summed E-state index contributed by atoms with van der Waals surface area (Å²) in [6.45, 7) is 3.33. The quantitative estimate of drug-likeness (QED) is 0.392. The second-order valence-electron chi connectivity index (χ2n) is 9.47. The Morgan fingerprint density at radius 1 is 1.10 bits per heavy atom. The molecule has 0 spiro atoms. The number of nitrogens with one attached hydrogen (secondary N) is 2. The van der Waals surface area contributed by atoms with Gasteiger partial charge < -0.3 is 19.9 Å². The number of aromatic nitrogens is 4. The number of hydrogen-bond donors (Lipinski definition) is 2. The van der Waals surface area contributed by atoms with Crippen molar-refractivity contribution in [1.82, 2.24) is 24.8 Å². The van der Waals surface area contributed by atoms with Gasteiger partial charge in [-0.25, -0.2) is 14.5 Å². The normalized spacial score (nSPS) is 16.0. The number of alkyl halides is 3. The summed E-state index contributed by atoms with van der Waals surface area (Å²) in [7, 11) is 0. The number of anilines is 1. The third kappa shape index (κ3) is 4.75. The first-order chi connectivity index (χ1) is 18.8. The molecule has 0 aliphatic carbocycles. The first-order valence-electron chi connectivity index (χ1n) is 12.6. The van der Waals surface area contributed by atoms with Gasteiger partial charge in [0, 0.05) is 31.3 Å². The van der Waals surface area contributed by atoms with Crippen molar-refractivity contribution >= 4 is 17.0 Å². The Kier molecular flexibility index (Phi) is 6.13. The number of ether oxygens (including phenoxy) is 1. The average molecular weight is 535 g/mol. The lowest BCUT2D eigenvalue weighted by molar-refractivity contribution is -0.137. The minimum absolute atomic E-state index is 0.202. The highest BCUT2D eigenvalue weighted by Gasteiger charge is 2.31. The van der Waals surface area contributed by atoms with Crippen LogP contribution in [0.4, 0.5) is 19.1 Å². The fraction of sp³-hybridized carbons (Fsp3) is 0.250. The van der Waals surface area contributed by atoms with Crippen LogP contribution in [-0.2, 0) is 19.1 Å². The SMILES string of the molecule is CC(Oc1nc2c(c(=O)n1-c1ccccc1)CN(c1nc3ccc(C(F)(F)F)cc3[nH]1)CC2)C1=CNCC=C1. The number of fused-ring (bicyclic) bond motifs is 2. The second-order valence-corrected chi connectivity index (χ2v) is 9.47. The first-order valence-corrected chi connectivity index (χ1v) is 12.6. The predicted molar refractivity (Wildman–Crippen MR) is 141 cm³/mol. The van der Waals surface area contributed by atoms with Crippen LogP contribution in [0.5, 0.6) is 6.01 Å². The van der Waals surface area contributed by atoms with Crippen molar-refractivity contribution < 1.29 is 17.9 Å². The van der Waals surface area contributed by atoms with Crippen LogP contribution in [-0.4, -0.2) is 38.7 Å². The highest BCUT2D eigenvalue weighted by molar-refractivity contribution is 5.78. The molecule has 6 rings (SSSR count). The molecule has 8 nitrogen and oxygen atoms in total. The number of benzene rings is 2. The molecule has 4 aromatic rings. The van der Waals surface area contributed by atoms with Crippen LogP contribution >= 0.6 is 0 Å². The van der Waals surface area contributed by atoms with Crippen LogP contribution in [0.25, 0.3) is 16.7 Å². The van der Waals surface area contributed by atoms with Gasteiger partial charge in [-0.05, 0) is 37.3 Å². The number of aromatic amines is 1. The summed E-state index contributed by atoms with van der Waals surface area (Å²) in [5.74, 6) is 0.401. The molecule has 0 radical (unpaired) electrons. The van der Waals surface area contributed by atoms with Gasteiger partial charge in [0.15, 0.2) is 0 Å². The molecule has 2 aromatic carbocycles. The van der Waals surface area contributed by atoms with Crippen molar-refractivity contribution in [3.63, 3.8) is 0 Å². The average Bonchev–Trinajstić information content (AvgIpc) is 3.37. The Bertz CT molecular complexity index is 1660. The largest absolute Gasteiger partial charge is 0.456 e. The molecule has 2 aliphatic heterocycles. The maximum absolute atomic E-state index is 13.9. The molecule has 4 heterocycles. The van der Waals surface area contributed by atoms with Gasteiger partial charge in [0.2, 0.25) is 5.95 Å². The summed E-state index contributed by atoms with van der Waals surface area (Å²) in [5, 5.41) is 3.16. The van der Waals surface area contributed by atoms with Crippen molar-refractivity contribution in [3.05, 3.63) is 99.6 Å². The van der Waals surface area contributed by atoms with Gasteiger partial charge in [-0.1, -0.05) is 30.4 Å². The third-order valence-corrected chi connectivity index (χ3v) is 6.88. The molecule has 0 fully saturated rings. The number of rotatable bonds is 5. The highest BCUT2D eigenvalue weighted by Crippen LogP contribution is 2.32. The molecule has 200 valence electrons. The maximum atomic E-state index is 13.9. The number of nitrogens with zero attached hydrogens (tertiary/aromatic N) is 4. The summed E-state index contributed by atoms with van der Waals surface area (Å²) in [5.41, 5.74) is 2.35. The number of dihydropyridines is 1. The lowest BCUT2D eigenvalue weighted by Crippen LogP contribution is -2.39. The number of para-hydroxylation sites is 1. The molecule has 0 bridgehead atoms. The van der Waals surface area contributed by atoms with E-state index in [1.165, 1.54) is 10.6 Å². The second kappa shape index (κ2) is 9.64. The molecule has 0 saturated heterocycles. The lowest BCUT2D eigenvalue weighted by atomic mass is 10.1. The molecule has 2 N–H and O–H groups in total. The van der Waals surface area contributed by atoms with Gasteiger partial charge in [0.05, 0.1) is 40.1 Å². The van der Waals surface area contributed by atoms with E-state index in [9.17, 15) is 18.0 Å². The number of halogens is 3. The number of H-pyrrole nitrogens is 1. The molecular formula is C28H25F3N6O2. The van der Waals surface area contributed by atoms with E-state index < -0.39 is 11.7 Å². The first kappa shape index (κ1) is 24.8. The summed E-state index contributed by atoms with van der Waals surface area (Å²) < 4.78 is 47.2. The van der Waals surface area contributed by atoms with Gasteiger partial charge >= 0.3 is 12.2 Å². The van der Waals surface area contributed by atoms with E-state index in [0.29, 0.717) is 41.4 Å². The monoisotopic (exact) mass is 534 g/mol. The van der Waals surface area contributed by atoms with E-state index in [-0.39, 0.29) is 29.7 Å². The molecule has 1 unspecified atom stereocenters. The van der Waals surface area contributed by atoms with E-state index in [4.69, 9.17) is 9.72 Å². The van der Waals surface area contributed by atoms with Crippen LogP contribution in [0.15, 0.2) is 77.3 Å². The van der Waals surface area contributed by atoms with Gasteiger partial charge in [0.25, 0.3) is 5.56 Å². The third-order valence-electron chi connectivity index (χ3n) is 6.88. The van der Waals surface area contributed by atoms with Gasteiger partial charge in [0.1, 0.15) is 6.10 Å². The zero-order chi connectivity index (χ0) is 27.1. The minimum Gasteiger partial charge on any atom is -0.456 e. The van der Waals surface area contributed by atoms with Crippen LogP contribution in [0.2, 0.25) is 0 Å². The zero-order valence-corrected chi connectivity index (χ0v) is 21.0. The summed E-state index contributed by atoms with van der Waals surface area (Å²) in [4.78, 5) is 28.0. The summed E-state index contributed by atoms with van der Waals surface area (Å²) in [6.07, 6.45) is 1.50. The van der Waals surface area contributed by atoms with Gasteiger partial charge in [-0.15, -0.1) is 0 Å². The standard InChI is InChI=1S/C28H25F3N6O2/c1-17(18-6-5-12-32-15-18)39-27-35-22-11-13-36(16-21(22)25(38)37(27)20-7-3-2-4-8-20)26-33-23-10-9-19(28(29,30)31)14-24(23)34-26/h2-10,14-15,17,32H,11-13,16H2,1H3,(H,33,34). The smallest absolute Gasteiger partial charge is 0.416 e. The Morgan fingerprint density at radius 3 is 2.67 bits per heavy atom. The Morgan fingerprint density at radius 2 is 1.92 bits per heavy atom. The highest BCUT2D eigenvalue weighted by atomic mass is 19.4. The molecule has 0 amide bonds. The Labute approximate surface area is 221 Å².